The predicted octanol–water partition coefficient (Wildman–Crippen LogP) is 1.11. The molecule has 1 heterocycles. The summed E-state index contributed by atoms with van der Waals surface area (Å²) >= 11 is 0. The van der Waals surface area contributed by atoms with E-state index in [0.717, 1.165) is 11.3 Å². The molecule has 2 aromatic carbocycles. The summed E-state index contributed by atoms with van der Waals surface area (Å²) in [6.07, 6.45) is 1.75. The number of H-pyrrole nitrogens is 1. The fourth-order valence-electron chi connectivity index (χ4n) is 2.14. The maximum Gasteiger partial charge on any atom is 0.279 e. The van der Waals surface area contributed by atoms with Gasteiger partial charge in [-0.3, -0.25) is 9.89 Å². The molecule has 1 aromatic heterocycles. The van der Waals surface area contributed by atoms with Crippen LogP contribution >= 0.6 is 0 Å². The summed E-state index contributed by atoms with van der Waals surface area (Å²) in [5, 5.41) is 13.3. The molecule has 0 unspecified atom stereocenters. The topological polar surface area (TPSA) is 58.0 Å². The number of phenolic OH excluding ortho intramolecular Hbond substituents is 1. The van der Waals surface area contributed by atoms with E-state index in [-0.39, 0.29) is 11.3 Å². The Balaban J connectivity index is 2.17. The van der Waals surface area contributed by atoms with Gasteiger partial charge in [0.2, 0.25) is 0 Å². The fourth-order valence-corrected chi connectivity index (χ4v) is 2.14. The molecule has 0 atom stereocenters. The van der Waals surface area contributed by atoms with E-state index < -0.39 is 0 Å². The summed E-state index contributed by atoms with van der Waals surface area (Å²) in [5.41, 5.74) is 1.44. The van der Waals surface area contributed by atoms with E-state index in [1.165, 1.54) is 4.68 Å². The third-order valence-corrected chi connectivity index (χ3v) is 3.22. The maximum atomic E-state index is 12.5. The first kappa shape index (κ1) is 13.0. The van der Waals surface area contributed by atoms with Crippen molar-refractivity contribution in [3.05, 3.63) is 81.1 Å². The van der Waals surface area contributed by atoms with Crippen LogP contribution in [0.25, 0.3) is 18.3 Å². The van der Waals surface area contributed by atoms with Crippen LogP contribution in [-0.2, 0) is 0 Å². The zero-order chi connectivity index (χ0) is 14.8. The van der Waals surface area contributed by atoms with Gasteiger partial charge in [0.15, 0.2) is 0 Å². The number of hydrogen-bond acceptors (Lipinski definition) is 2. The van der Waals surface area contributed by atoms with Crippen LogP contribution in [0.2, 0.25) is 0 Å². The van der Waals surface area contributed by atoms with Gasteiger partial charge < -0.3 is 5.11 Å². The molecule has 0 bridgehead atoms. The van der Waals surface area contributed by atoms with Gasteiger partial charge in [-0.05, 0) is 35.9 Å². The van der Waals surface area contributed by atoms with Crippen molar-refractivity contribution >= 4 is 12.7 Å². The molecule has 0 spiro atoms. The molecular formula is C17H14N2O2. The van der Waals surface area contributed by atoms with Crippen molar-refractivity contribution in [2.45, 2.75) is 0 Å². The minimum absolute atomic E-state index is 0.153. The van der Waals surface area contributed by atoms with Gasteiger partial charge >= 0.3 is 0 Å². The largest absolute Gasteiger partial charge is 0.508 e. The smallest absolute Gasteiger partial charge is 0.279 e. The molecule has 0 aliphatic carbocycles. The summed E-state index contributed by atoms with van der Waals surface area (Å²) in [6.45, 7) is 3.88. The zero-order valence-corrected chi connectivity index (χ0v) is 11.3. The number of para-hydroxylation sites is 1. The lowest BCUT2D eigenvalue weighted by atomic mass is 10.2. The van der Waals surface area contributed by atoms with Gasteiger partial charge in [0.25, 0.3) is 5.56 Å². The predicted molar refractivity (Wildman–Crippen MR) is 82.8 cm³/mol. The minimum atomic E-state index is -0.153. The summed E-state index contributed by atoms with van der Waals surface area (Å²) < 4.78 is 1.47. The Bertz CT molecular complexity index is 920. The van der Waals surface area contributed by atoms with E-state index in [4.69, 9.17) is 0 Å². The highest BCUT2D eigenvalue weighted by molar-refractivity contribution is 5.50. The van der Waals surface area contributed by atoms with Crippen LogP contribution in [0.15, 0.2) is 59.4 Å². The van der Waals surface area contributed by atoms with E-state index in [2.05, 4.69) is 11.7 Å². The molecule has 4 nitrogen and oxygen atoms in total. The number of nitrogens with zero attached hydrogens (tertiary/aromatic N) is 1. The molecule has 104 valence electrons. The summed E-state index contributed by atoms with van der Waals surface area (Å²) in [5.74, 6) is 0.192. The molecule has 0 radical (unpaired) electrons. The highest BCUT2D eigenvalue weighted by Crippen LogP contribution is 2.09. The van der Waals surface area contributed by atoms with Crippen molar-refractivity contribution in [1.29, 1.82) is 0 Å². The molecule has 3 aromatic rings. The van der Waals surface area contributed by atoms with Gasteiger partial charge in [-0.1, -0.05) is 36.9 Å². The van der Waals surface area contributed by atoms with Crippen molar-refractivity contribution in [1.82, 2.24) is 9.78 Å². The summed E-state index contributed by atoms with van der Waals surface area (Å²) in [6, 6.07) is 16.0. The van der Waals surface area contributed by atoms with Crippen molar-refractivity contribution in [2.24, 2.45) is 0 Å². The second-order valence-corrected chi connectivity index (χ2v) is 4.72. The Hall–Kier alpha value is -3.01. The Morgan fingerprint density at radius 2 is 1.71 bits per heavy atom. The average molecular weight is 278 g/mol. The highest BCUT2D eigenvalue weighted by atomic mass is 16.3. The second kappa shape index (κ2) is 5.17. The van der Waals surface area contributed by atoms with Crippen LogP contribution in [0, 0.1) is 0 Å². The molecule has 0 fully saturated rings. The molecule has 21 heavy (non-hydrogen) atoms. The Morgan fingerprint density at radius 3 is 2.38 bits per heavy atom. The zero-order valence-electron chi connectivity index (χ0n) is 11.3. The third-order valence-electron chi connectivity index (χ3n) is 3.22. The maximum absolute atomic E-state index is 12.5. The third kappa shape index (κ3) is 2.51. The standard InChI is InChI=1S/C17H14N2O2/c1-12-16(11-13-7-9-15(20)10-8-13)17(21)19(18-12)14-5-3-2-4-6-14/h2-11,18,20H,1H2/b16-11+. The van der Waals surface area contributed by atoms with Crippen molar-refractivity contribution in [2.75, 3.05) is 0 Å². The molecular weight excluding hydrogens is 264 g/mol. The van der Waals surface area contributed by atoms with Gasteiger partial charge in [-0.25, -0.2) is 4.68 Å². The summed E-state index contributed by atoms with van der Waals surface area (Å²) in [4.78, 5) is 12.5. The number of benzene rings is 2. The van der Waals surface area contributed by atoms with Crippen LogP contribution in [0.1, 0.15) is 5.56 Å². The van der Waals surface area contributed by atoms with E-state index in [1.54, 1.807) is 30.3 Å². The van der Waals surface area contributed by atoms with Gasteiger partial charge in [-0.2, -0.15) is 0 Å². The number of aromatic hydroxyl groups is 1. The lowest BCUT2D eigenvalue weighted by Gasteiger charge is -1.98. The van der Waals surface area contributed by atoms with Crippen molar-refractivity contribution < 1.29 is 5.11 Å². The molecule has 0 amide bonds. The monoisotopic (exact) mass is 278 g/mol. The van der Waals surface area contributed by atoms with E-state index in [9.17, 15) is 9.90 Å². The second-order valence-electron chi connectivity index (χ2n) is 4.72. The molecule has 0 aliphatic heterocycles. The minimum Gasteiger partial charge on any atom is -0.508 e. The van der Waals surface area contributed by atoms with Crippen LogP contribution < -0.4 is 16.1 Å². The average Bonchev–Trinajstić information content (AvgIpc) is 2.78. The van der Waals surface area contributed by atoms with Crippen molar-refractivity contribution in [3.63, 3.8) is 0 Å². The van der Waals surface area contributed by atoms with E-state index in [0.29, 0.717) is 10.6 Å². The normalized spacial score (nSPS) is 11.7. The molecule has 4 heteroatoms. The van der Waals surface area contributed by atoms with Gasteiger partial charge in [0, 0.05) is 0 Å². The number of rotatable bonds is 2. The molecule has 0 saturated carbocycles. The number of aromatic amines is 1. The molecule has 0 aliphatic rings. The first-order valence-electron chi connectivity index (χ1n) is 6.51. The SMILES string of the molecule is C=c1[nH]n(-c2ccccc2)c(=O)/c1=C/c1ccc(O)cc1. The van der Waals surface area contributed by atoms with Gasteiger partial charge in [0.1, 0.15) is 5.75 Å². The van der Waals surface area contributed by atoms with Crippen LogP contribution in [0.4, 0.5) is 0 Å². The fraction of sp³-hybridized carbons (Fsp3) is 0. The first-order chi connectivity index (χ1) is 10.1. The lowest BCUT2D eigenvalue weighted by Crippen LogP contribution is -2.33. The Morgan fingerprint density at radius 1 is 1.05 bits per heavy atom. The number of aromatic nitrogens is 2. The number of hydrogen-bond donors (Lipinski definition) is 2. The Labute approximate surface area is 120 Å². The molecule has 0 saturated heterocycles. The summed E-state index contributed by atoms with van der Waals surface area (Å²) in [7, 11) is 0. The van der Waals surface area contributed by atoms with Gasteiger partial charge in [0.05, 0.1) is 16.3 Å². The van der Waals surface area contributed by atoms with Crippen LogP contribution in [-0.4, -0.2) is 14.9 Å². The van der Waals surface area contributed by atoms with Crippen LogP contribution in [0.5, 0.6) is 5.75 Å². The molecule has 3 rings (SSSR count). The highest BCUT2D eigenvalue weighted by Gasteiger charge is 2.03. The number of nitrogens with one attached hydrogen (secondary N) is 1. The van der Waals surface area contributed by atoms with Crippen molar-refractivity contribution in [3.8, 4) is 11.4 Å². The first-order valence-corrected chi connectivity index (χ1v) is 6.51. The van der Waals surface area contributed by atoms with Gasteiger partial charge in [-0.15, -0.1) is 0 Å². The Kier molecular flexibility index (Phi) is 3.20. The lowest BCUT2D eigenvalue weighted by molar-refractivity contribution is 0.475. The molecule has 2 N–H and O–H groups in total. The number of phenols is 1. The van der Waals surface area contributed by atoms with E-state index in [1.807, 2.05) is 30.3 Å². The van der Waals surface area contributed by atoms with E-state index >= 15 is 0 Å². The van der Waals surface area contributed by atoms with Crippen LogP contribution in [0.3, 0.4) is 0 Å². The quantitative estimate of drug-likeness (QED) is 0.738.